The van der Waals surface area contributed by atoms with Gasteiger partial charge >= 0.3 is 10.2 Å². The normalized spacial score (nSPS) is 13.8. The highest BCUT2D eigenvalue weighted by Gasteiger charge is 2.27. The zero-order valence-corrected chi connectivity index (χ0v) is 31.3. The summed E-state index contributed by atoms with van der Waals surface area (Å²) in [6.45, 7) is 0. The average Bonchev–Trinajstić information content (AvgIpc) is 3.91. The molecule has 10 aromatic rings. The zero-order valence-electron chi connectivity index (χ0n) is 30.5. The van der Waals surface area contributed by atoms with Gasteiger partial charge in [-0.05, 0) is 70.8 Å². The van der Waals surface area contributed by atoms with Crippen molar-refractivity contribution in [2.75, 3.05) is 0 Å². The van der Waals surface area contributed by atoms with Crippen LogP contribution < -0.4 is 0 Å². The minimum absolute atomic E-state index is 0.339. The summed E-state index contributed by atoms with van der Waals surface area (Å²) < 4.78 is 38.3. The highest BCUT2D eigenvalue weighted by Crippen LogP contribution is 2.35. The van der Waals surface area contributed by atoms with Crippen LogP contribution in [-0.4, -0.2) is 29.0 Å². The van der Waals surface area contributed by atoms with Crippen molar-refractivity contribution in [1.82, 2.24) is 9.13 Å². The van der Waals surface area contributed by atoms with E-state index in [2.05, 4.69) is 164 Å². The number of aromatic nitrogens is 2. The third-order valence-corrected chi connectivity index (χ3v) is 11.9. The lowest BCUT2D eigenvalue weighted by atomic mass is 9.96. The summed E-state index contributed by atoms with van der Waals surface area (Å²) in [7, 11) is -4.01. The van der Waals surface area contributed by atoms with Crippen LogP contribution in [0.3, 0.4) is 0 Å². The van der Waals surface area contributed by atoms with Gasteiger partial charge in [0.1, 0.15) is 11.4 Å². The molecule has 0 fully saturated rings. The SMILES string of the molecule is O=S1(=O)N=C(c2ccc(-c3ccc(-n4c5ccccc5c5ccccc54)cc3)cc2)C(c2ccc(-c3ccc(-n4c5ccccc5c5ccccc54)cc3)cc2)=N1. The molecule has 3 heterocycles. The predicted molar refractivity (Wildman–Crippen MR) is 234 cm³/mol. The molecule has 11 rings (SSSR count). The van der Waals surface area contributed by atoms with Crippen LogP contribution in [0, 0.1) is 0 Å². The molecule has 1 aliphatic rings. The van der Waals surface area contributed by atoms with E-state index >= 15 is 0 Å². The van der Waals surface area contributed by atoms with E-state index in [9.17, 15) is 8.42 Å². The van der Waals surface area contributed by atoms with Crippen molar-refractivity contribution in [1.29, 1.82) is 0 Å². The smallest absolute Gasteiger partial charge is 0.309 e. The van der Waals surface area contributed by atoms with Gasteiger partial charge in [0.2, 0.25) is 0 Å². The highest BCUT2D eigenvalue weighted by atomic mass is 32.2. The van der Waals surface area contributed by atoms with Crippen molar-refractivity contribution in [2.24, 2.45) is 8.80 Å². The molecule has 57 heavy (non-hydrogen) atoms. The van der Waals surface area contributed by atoms with Crippen molar-refractivity contribution < 1.29 is 8.42 Å². The zero-order chi connectivity index (χ0) is 38.1. The van der Waals surface area contributed by atoms with Crippen LogP contribution in [0.2, 0.25) is 0 Å². The Labute approximate surface area is 329 Å². The van der Waals surface area contributed by atoms with Gasteiger partial charge < -0.3 is 9.13 Å². The molecule has 0 bridgehead atoms. The predicted octanol–water partition coefficient (Wildman–Crippen LogP) is 11.8. The Hall–Kier alpha value is -7.35. The lowest BCUT2D eigenvalue weighted by Gasteiger charge is -2.11. The number of hydrogen-bond donors (Lipinski definition) is 0. The quantitative estimate of drug-likeness (QED) is 0.170. The fourth-order valence-corrected chi connectivity index (χ4v) is 9.25. The number of nitrogens with zero attached hydrogens (tertiary/aromatic N) is 4. The van der Waals surface area contributed by atoms with Gasteiger partial charge in [-0.3, -0.25) is 0 Å². The molecule has 0 amide bonds. The Morgan fingerprint density at radius 1 is 0.298 bits per heavy atom. The number of rotatable bonds is 6. The minimum atomic E-state index is -4.01. The molecule has 0 radical (unpaired) electrons. The molecular weight excluding hydrogens is 721 g/mol. The van der Waals surface area contributed by atoms with Gasteiger partial charge in [0.15, 0.2) is 0 Å². The Bertz CT molecular complexity index is 3050. The maximum absolute atomic E-state index is 12.8. The van der Waals surface area contributed by atoms with E-state index in [-0.39, 0.29) is 0 Å². The lowest BCUT2D eigenvalue weighted by Crippen LogP contribution is -2.13. The molecule has 8 aromatic carbocycles. The van der Waals surface area contributed by atoms with E-state index in [1.807, 2.05) is 48.5 Å². The molecule has 0 atom stereocenters. The van der Waals surface area contributed by atoms with Gasteiger partial charge in [0.05, 0.1) is 22.1 Å². The summed E-state index contributed by atoms with van der Waals surface area (Å²) in [6, 6.07) is 66.7. The van der Waals surface area contributed by atoms with Crippen LogP contribution in [0.4, 0.5) is 0 Å². The van der Waals surface area contributed by atoms with Crippen molar-refractivity contribution in [3.05, 3.63) is 205 Å². The largest absolute Gasteiger partial charge is 0.364 e. The van der Waals surface area contributed by atoms with Crippen LogP contribution in [0.5, 0.6) is 0 Å². The second-order valence-electron chi connectivity index (χ2n) is 14.3. The van der Waals surface area contributed by atoms with Crippen LogP contribution in [-0.2, 0) is 10.2 Å². The van der Waals surface area contributed by atoms with Gasteiger partial charge in [0.25, 0.3) is 0 Å². The molecular formula is C50H32N4O2S. The van der Waals surface area contributed by atoms with Gasteiger partial charge in [0, 0.05) is 44.0 Å². The number of hydrogen-bond acceptors (Lipinski definition) is 2. The average molecular weight is 753 g/mol. The van der Waals surface area contributed by atoms with Crippen molar-refractivity contribution in [3.63, 3.8) is 0 Å². The Balaban J connectivity index is 0.852. The van der Waals surface area contributed by atoms with Crippen LogP contribution in [0.1, 0.15) is 11.1 Å². The molecule has 2 aromatic heterocycles. The monoisotopic (exact) mass is 752 g/mol. The van der Waals surface area contributed by atoms with Gasteiger partial charge in [-0.15, -0.1) is 8.80 Å². The third-order valence-electron chi connectivity index (χ3n) is 11.0. The van der Waals surface area contributed by atoms with E-state index in [1.165, 1.54) is 43.6 Å². The van der Waals surface area contributed by atoms with E-state index < -0.39 is 10.2 Å². The first kappa shape index (κ1) is 33.0. The molecule has 1 aliphatic heterocycles. The van der Waals surface area contributed by atoms with Crippen molar-refractivity contribution >= 4 is 65.2 Å². The number of benzene rings is 8. The summed E-state index contributed by atoms with van der Waals surface area (Å²) in [6.07, 6.45) is 0. The summed E-state index contributed by atoms with van der Waals surface area (Å²) in [5.74, 6) is 0. The standard InChI is InChI=1S/C50H32N4O2S/c55-57(56)51-49(37-21-17-33(18-22-37)35-25-29-39(30-26-35)53-45-13-5-1-9-41(45)42-10-2-6-14-46(42)53)50(52-57)38-23-19-34(20-24-38)36-27-31-40(32-28-36)54-47-15-7-3-11-43(47)44-12-4-8-16-48(44)54/h1-32H. The molecule has 0 aliphatic carbocycles. The highest BCUT2D eigenvalue weighted by molar-refractivity contribution is 7.89. The van der Waals surface area contributed by atoms with E-state index in [4.69, 9.17) is 0 Å². The first-order valence-electron chi connectivity index (χ1n) is 18.8. The van der Waals surface area contributed by atoms with Crippen molar-refractivity contribution in [2.45, 2.75) is 0 Å². The minimum Gasteiger partial charge on any atom is -0.309 e. The van der Waals surface area contributed by atoms with E-state index in [1.54, 1.807) is 0 Å². The first-order chi connectivity index (χ1) is 28.0. The summed E-state index contributed by atoms with van der Waals surface area (Å²) in [5.41, 5.74) is 13.0. The van der Waals surface area contributed by atoms with E-state index in [0.717, 1.165) is 33.6 Å². The fourth-order valence-electron chi connectivity index (χ4n) is 8.36. The molecule has 0 N–H and O–H groups in total. The summed E-state index contributed by atoms with van der Waals surface area (Å²) in [4.78, 5) is 0. The Morgan fingerprint density at radius 2 is 0.544 bits per heavy atom. The third kappa shape index (κ3) is 5.51. The topological polar surface area (TPSA) is 68.7 Å². The summed E-state index contributed by atoms with van der Waals surface area (Å²) in [5, 5.41) is 4.91. The van der Waals surface area contributed by atoms with Gasteiger partial charge in [-0.2, -0.15) is 8.42 Å². The molecule has 0 spiro atoms. The molecule has 0 saturated carbocycles. The molecule has 270 valence electrons. The molecule has 6 nitrogen and oxygen atoms in total. The molecule has 7 heteroatoms. The second kappa shape index (κ2) is 12.9. The maximum Gasteiger partial charge on any atom is 0.364 e. The van der Waals surface area contributed by atoms with Gasteiger partial charge in [-0.25, -0.2) is 0 Å². The lowest BCUT2D eigenvalue weighted by molar-refractivity contribution is 0.601. The Morgan fingerprint density at radius 3 is 0.842 bits per heavy atom. The second-order valence-corrected chi connectivity index (χ2v) is 15.6. The fraction of sp³-hybridized carbons (Fsp3) is 0. The van der Waals surface area contributed by atoms with Crippen molar-refractivity contribution in [3.8, 4) is 33.6 Å². The number of para-hydroxylation sites is 4. The summed E-state index contributed by atoms with van der Waals surface area (Å²) >= 11 is 0. The Kier molecular flexibility index (Phi) is 7.46. The van der Waals surface area contributed by atoms with Crippen LogP contribution in [0.25, 0.3) is 77.2 Å². The molecule has 0 saturated heterocycles. The van der Waals surface area contributed by atoms with Crippen LogP contribution >= 0.6 is 0 Å². The number of fused-ring (bicyclic) bond motifs is 6. The molecule has 0 unspecified atom stereocenters. The van der Waals surface area contributed by atoms with E-state index in [0.29, 0.717) is 22.6 Å². The maximum atomic E-state index is 12.8. The van der Waals surface area contributed by atoms with Crippen LogP contribution in [0.15, 0.2) is 203 Å². The first-order valence-corrected chi connectivity index (χ1v) is 20.2. The van der Waals surface area contributed by atoms with Gasteiger partial charge in [-0.1, -0.05) is 146 Å².